The van der Waals surface area contributed by atoms with Gasteiger partial charge in [0.15, 0.2) is 0 Å². The van der Waals surface area contributed by atoms with Gasteiger partial charge in [-0.15, -0.1) is 0 Å². The molecule has 0 aliphatic carbocycles. The molecule has 7 heteroatoms. The van der Waals surface area contributed by atoms with Gasteiger partial charge in [0, 0.05) is 17.6 Å². The molecule has 3 rings (SSSR count). The molecule has 0 spiro atoms. The van der Waals surface area contributed by atoms with Crippen LogP contribution in [0.2, 0.25) is 0 Å². The third-order valence-corrected chi connectivity index (χ3v) is 5.17. The van der Waals surface area contributed by atoms with E-state index in [1.165, 1.54) is 0 Å². The van der Waals surface area contributed by atoms with E-state index in [4.69, 9.17) is 0 Å². The van der Waals surface area contributed by atoms with E-state index in [9.17, 15) is 14.4 Å². The summed E-state index contributed by atoms with van der Waals surface area (Å²) in [6, 6.07) is 7.46. The molecular formula is C16H15BrN2O3S. The van der Waals surface area contributed by atoms with Crippen molar-refractivity contribution in [1.29, 1.82) is 0 Å². The van der Waals surface area contributed by atoms with Crippen molar-refractivity contribution in [2.45, 2.75) is 12.8 Å². The fourth-order valence-corrected chi connectivity index (χ4v) is 3.84. The lowest BCUT2D eigenvalue weighted by atomic mass is 10.2. The zero-order chi connectivity index (χ0) is 16.4. The molecule has 0 saturated carbocycles. The zero-order valence-electron chi connectivity index (χ0n) is 12.3. The van der Waals surface area contributed by atoms with Crippen LogP contribution in [0.25, 0.3) is 6.08 Å². The Labute approximate surface area is 146 Å². The summed E-state index contributed by atoms with van der Waals surface area (Å²) in [5.74, 6) is -0.555. The minimum atomic E-state index is -0.396. The summed E-state index contributed by atoms with van der Waals surface area (Å²) in [4.78, 5) is 39.7. The molecule has 0 radical (unpaired) electrons. The minimum absolute atomic E-state index is 0.159. The number of benzene rings is 1. The molecule has 3 amide bonds. The summed E-state index contributed by atoms with van der Waals surface area (Å²) in [5.41, 5.74) is 0.829. The molecule has 0 aromatic heterocycles. The average molecular weight is 395 g/mol. The molecule has 2 aliphatic heterocycles. The van der Waals surface area contributed by atoms with Crippen LogP contribution < -0.4 is 0 Å². The number of rotatable bonds is 3. The van der Waals surface area contributed by atoms with Gasteiger partial charge in [-0.1, -0.05) is 28.1 Å². The second-order valence-electron chi connectivity index (χ2n) is 5.41. The third kappa shape index (κ3) is 3.67. The van der Waals surface area contributed by atoms with Crippen LogP contribution in [-0.2, 0) is 9.59 Å². The summed E-state index contributed by atoms with van der Waals surface area (Å²) in [6.45, 7) is 1.26. The van der Waals surface area contributed by atoms with E-state index in [1.807, 2.05) is 24.3 Å². The Morgan fingerprint density at radius 2 is 2.00 bits per heavy atom. The van der Waals surface area contributed by atoms with Crippen molar-refractivity contribution < 1.29 is 14.4 Å². The van der Waals surface area contributed by atoms with Crippen LogP contribution in [0.3, 0.4) is 0 Å². The lowest BCUT2D eigenvalue weighted by Gasteiger charge is -2.18. The second kappa shape index (κ2) is 6.88. The van der Waals surface area contributed by atoms with Gasteiger partial charge in [-0.2, -0.15) is 0 Å². The lowest BCUT2D eigenvalue weighted by molar-refractivity contribution is -0.135. The monoisotopic (exact) mass is 394 g/mol. The zero-order valence-corrected chi connectivity index (χ0v) is 14.7. The van der Waals surface area contributed by atoms with Gasteiger partial charge >= 0.3 is 0 Å². The number of carbonyl (C=O) groups excluding carboxylic acids is 3. The van der Waals surface area contributed by atoms with Crippen LogP contribution in [-0.4, -0.2) is 46.5 Å². The van der Waals surface area contributed by atoms with Gasteiger partial charge < -0.3 is 4.90 Å². The largest absolute Gasteiger partial charge is 0.341 e. The standard InChI is InChI=1S/C16H15BrN2O3S/c17-12-5-3-4-11(8-12)9-13-15(21)19(16(22)23-13)10-14(20)18-6-1-2-7-18/h3-5,8-9H,1-2,6-7,10H2/b13-9-. The molecule has 2 aliphatic rings. The van der Waals surface area contributed by atoms with Crippen LogP contribution in [0.15, 0.2) is 33.6 Å². The second-order valence-corrected chi connectivity index (χ2v) is 7.32. The molecule has 2 saturated heterocycles. The van der Waals surface area contributed by atoms with Gasteiger partial charge in [0.05, 0.1) is 4.91 Å². The SMILES string of the molecule is O=C(CN1C(=O)S/C(=C\c2cccc(Br)c2)C1=O)N1CCCC1. The predicted molar refractivity (Wildman–Crippen MR) is 92.6 cm³/mol. The summed E-state index contributed by atoms with van der Waals surface area (Å²) < 4.78 is 0.898. The molecule has 120 valence electrons. The highest BCUT2D eigenvalue weighted by Gasteiger charge is 2.37. The number of nitrogens with zero attached hydrogens (tertiary/aromatic N) is 2. The van der Waals surface area contributed by atoms with Crippen LogP contribution >= 0.6 is 27.7 Å². The highest BCUT2D eigenvalue weighted by Crippen LogP contribution is 2.32. The Hall–Kier alpha value is -1.60. The summed E-state index contributed by atoms with van der Waals surface area (Å²) in [5, 5.41) is -0.385. The van der Waals surface area contributed by atoms with Gasteiger partial charge in [-0.05, 0) is 48.4 Å². The maximum atomic E-state index is 12.4. The number of imide groups is 1. The first-order valence-electron chi connectivity index (χ1n) is 7.33. The minimum Gasteiger partial charge on any atom is -0.341 e. The van der Waals surface area contributed by atoms with Crippen molar-refractivity contribution >= 4 is 50.8 Å². The van der Waals surface area contributed by atoms with E-state index >= 15 is 0 Å². The first kappa shape index (κ1) is 16.3. The normalized spacial score (nSPS) is 20.0. The van der Waals surface area contributed by atoms with E-state index in [2.05, 4.69) is 15.9 Å². The number of hydrogen-bond acceptors (Lipinski definition) is 4. The molecule has 23 heavy (non-hydrogen) atoms. The molecule has 2 heterocycles. The summed E-state index contributed by atoms with van der Waals surface area (Å²) in [7, 11) is 0. The number of carbonyl (C=O) groups is 3. The number of halogens is 1. The maximum absolute atomic E-state index is 12.4. The Morgan fingerprint density at radius 3 is 2.70 bits per heavy atom. The third-order valence-electron chi connectivity index (χ3n) is 3.77. The smallest absolute Gasteiger partial charge is 0.294 e. The number of amides is 3. The Kier molecular flexibility index (Phi) is 4.87. The molecular weight excluding hydrogens is 380 g/mol. The highest BCUT2D eigenvalue weighted by molar-refractivity contribution is 9.10. The molecule has 1 aromatic rings. The first-order chi connectivity index (χ1) is 11.0. The van der Waals surface area contributed by atoms with Gasteiger partial charge in [-0.3, -0.25) is 19.3 Å². The van der Waals surface area contributed by atoms with Crippen molar-refractivity contribution in [2.24, 2.45) is 0 Å². The molecule has 0 bridgehead atoms. The number of likely N-dealkylation sites (tertiary alicyclic amines) is 1. The number of thioether (sulfide) groups is 1. The highest BCUT2D eigenvalue weighted by atomic mass is 79.9. The van der Waals surface area contributed by atoms with Crippen molar-refractivity contribution in [3.8, 4) is 0 Å². The van der Waals surface area contributed by atoms with Gasteiger partial charge in [0.1, 0.15) is 6.54 Å². The van der Waals surface area contributed by atoms with Crippen molar-refractivity contribution in [2.75, 3.05) is 19.6 Å². The van der Waals surface area contributed by atoms with Gasteiger partial charge in [0.2, 0.25) is 5.91 Å². The fraction of sp³-hybridized carbons (Fsp3) is 0.312. The van der Waals surface area contributed by atoms with E-state index in [-0.39, 0.29) is 17.7 Å². The first-order valence-corrected chi connectivity index (χ1v) is 8.94. The number of hydrogen-bond donors (Lipinski definition) is 0. The van der Waals surface area contributed by atoms with E-state index in [0.717, 1.165) is 39.5 Å². The van der Waals surface area contributed by atoms with Crippen LogP contribution in [0.4, 0.5) is 4.79 Å². The van der Waals surface area contributed by atoms with Crippen molar-refractivity contribution in [3.63, 3.8) is 0 Å². The van der Waals surface area contributed by atoms with Crippen LogP contribution in [0.5, 0.6) is 0 Å². The maximum Gasteiger partial charge on any atom is 0.294 e. The fourth-order valence-electron chi connectivity index (χ4n) is 2.59. The molecule has 2 fully saturated rings. The quantitative estimate of drug-likeness (QED) is 0.739. The Morgan fingerprint density at radius 1 is 1.26 bits per heavy atom. The van der Waals surface area contributed by atoms with Crippen molar-refractivity contribution in [1.82, 2.24) is 9.80 Å². The van der Waals surface area contributed by atoms with Gasteiger partial charge in [-0.25, -0.2) is 0 Å². The molecule has 1 aromatic carbocycles. The van der Waals surface area contributed by atoms with Crippen LogP contribution in [0, 0.1) is 0 Å². The summed E-state index contributed by atoms with van der Waals surface area (Å²) in [6.07, 6.45) is 3.64. The Bertz CT molecular complexity index is 698. The predicted octanol–water partition coefficient (Wildman–Crippen LogP) is 3.11. The lowest BCUT2D eigenvalue weighted by Crippen LogP contribution is -2.40. The van der Waals surface area contributed by atoms with E-state index in [1.54, 1.807) is 11.0 Å². The Balaban J connectivity index is 1.73. The van der Waals surface area contributed by atoms with Crippen LogP contribution in [0.1, 0.15) is 18.4 Å². The molecule has 0 N–H and O–H groups in total. The molecule has 0 atom stereocenters. The average Bonchev–Trinajstić information content (AvgIpc) is 3.12. The van der Waals surface area contributed by atoms with E-state index < -0.39 is 5.91 Å². The van der Waals surface area contributed by atoms with Crippen molar-refractivity contribution in [3.05, 3.63) is 39.2 Å². The van der Waals surface area contributed by atoms with Gasteiger partial charge in [0.25, 0.3) is 11.1 Å². The topological polar surface area (TPSA) is 57.7 Å². The molecule has 5 nitrogen and oxygen atoms in total. The van der Waals surface area contributed by atoms with E-state index in [0.29, 0.717) is 18.0 Å². The molecule has 0 unspecified atom stereocenters. The summed E-state index contributed by atoms with van der Waals surface area (Å²) >= 11 is 4.25.